The number of hydrogen-bond acceptors (Lipinski definition) is 7. The highest BCUT2D eigenvalue weighted by Crippen LogP contribution is 2.30. The van der Waals surface area contributed by atoms with Gasteiger partial charge in [0.2, 0.25) is 0 Å². The van der Waals surface area contributed by atoms with Crippen LogP contribution in [0.2, 0.25) is 0 Å². The van der Waals surface area contributed by atoms with Gasteiger partial charge in [-0.3, -0.25) is 0 Å². The average Bonchev–Trinajstić information content (AvgIpc) is 2.95. The predicted molar refractivity (Wildman–Crippen MR) is 144 cm³/mol. The summed E-state index contributed by atoms with van der Waals surface area (Å²) in [6.45, 7) is 0.623. The molecule has 0 aliphatic heterocycles. The number of para-hydroxylation sites is 2. The molecule has 0 aliphatic rings. The fraction of sp³-hybridized carbons (Fsp3) is 0.200. The maximum atomic E-state index is 10.1. The second-order valence-electron chi connectivity index (χ2n) is 8.22. The molecule has 0 heterocycles. The number of hydrogen-bond donors (Lipinski definition) is 2. The van der Waals surface area contributed by atoms with Crippen LogP contribution in [0.4, 0.5) is 0 Å². The number of aliphatic hydroxyl groups is 2. The molecule has 2 unspecified atom stereocenters. The van der Waals surface area contributed by atoms with Crippen molar-refractivity contribution in [1.29, 1.82) is 0 Å². The van der Waals surface area contributed by atoms with Crippen molar-refractivity contribution in [1.82, 2.24) is 0 Å². The third-order valence-corrected chi connectivity index (χ3v) is 6.15. The molecule has 6 nitrogen and oxygen atoms in total. The Bertz CT molecular complexity index is 1080. The standard InChI is InChI=1S/C30H30O6S/c31-23(19-33-25-7-3-1-4-8-25)21-35-27-11-15-29(16-12-27)37-30-17-13-28(14-18-30)36-22-24(32)20-34-26-9-5-2-6-10-26/h1-18,23-24,31-32H,19-22H2. The van der Waals surface area contributed by atoms with Gasteiger partial charge in [0.05, 0.1) is 0 Å². The maximum absolute atomic E-state index is 10.1. The van der Waals surface area contributed by atoms with Crippen LogP contribution in [0.25, 0.3) is 0 Å². The van der Waals surface area contributed by atoms with Gasteiger partial charge in [-0.05, 0) is 72.8 Å². The summed E-state index contributed by atoms with van der Waals surface area (Å²) in [5.74, 6) is 2.80. The number of aliphatic hydroxyl groups excluding tert-OH is 2. The Balaban J connectivity index is 1.15. The van der Waals surface area contributed by atoms with Crippen LogP contribution >= 0.6 is 11.8 Å². The Morgan fingerprint density at radius 3 is 1.05 bits per heavy atom. The molecule has 0 bridgehead atoms. The van der Waals surface area contributed by atoms with Gasteiger partial charge in [-0.1, -0.05) is 48.2 Å². The summed E-state index contributed by atoms with van der Waals surface area (Å²) in [6, 6.07) is 34.2. The summed E-state index contributed by atoms with van der Waals surface area (Å²) in [5.41, 5.74) is 0. The lowest BCUT2D eigenvalue weighted by Crippen LogP contribution is -2.25. The lowest BCUT2D eigenvalue weighted by atomic mass is 10.3. The summed E-state index contributed by atoms with van der Waals surface area (Å²) < 4.78 is 22.4. The molecular weight excluding hydrogens is 488 g/mol. The zero-order chi connectivity index (χ0) is 25.7. The Morgan fingerprint density at radius 2 is 0.730 bits per heavy atom. The highest BCUT2D eigenvalue weighted by molar-refractivity contribution is 7.99. The second kappa shape index (κ2) is 14.2. The third kappa shape index (κ3) is 9.38. The van der Waals surface area contributed by atoms with Gasteiger partial charge in [0.15, 0.2) is 0 Å². The van der Waals surface area contributed by atoms with E-state index in [2.05, 4.69) is 0 Å². The Labute approximate surface area is 221 Å². The first-order valence-electron chi connectivity index (χ1n) is 12.0. The van der Waals surface area contributed by atoms with E-state index in [-0.39, 0.29) is 26.4 Å². The first kappa shape index (κ1) is 26.4. The topological polar surface area (TPSA) is 77.4 Å². The Hall–Kier alpha value is -3.65. The van der Waals surface area contributed by atoms with E-state index in [9.17, 15) is 10.2 Å². The van der Waals surface area contributed by atoms with Crippen LogP contribution in [0, 0.1) is 0 Å². The predicted octanol–water partition coefficient (Wildman–Crippen LogP) is 5.48. The van der Waals surface area contributed by atoms with E-state index in [1.54, 1.807) is 11.8 Å². The summed E-state index contributed by atoms with van der Waals surface area (Å²) in [5, 5.41) is 20.2. The molecule has 0 aliphatic carbocycles. The molecule has 4 rings (SSSR count). The molecule has 192 valence electrons. The minimum atomic E-state index is -0.729. The molecule has 0 spiro atoms. The number of rotatable bonds is 14. The Kier molecular flexibility index (Phi) is 10.1. The van der Waals surface area contributed by atoms with E-state index in [1.165, 1.54) is 0 Å². The molecule has 0 fully saturated rings. The lowest BCUT2D eigenvalue weighted by Gasteiger charge is -2.14. The zero-order valence-electron chi connectivity index (χ0n) is 20.3. The van der Waals surface area contributed by atoms with Crippen molar-refractivity contribution in [3.8, 4) is 23.0 Å². The van der Waals surface area contributed by atoms with Crippen LogP contribution in [-0.4, -0.2) is 48.8 Å². The zero-order valence-corrected chi connectivity index (χ0v) is 21.1. The molecule has 7 heteroatoms. The molecule has 0 saturated heterocycles. The summed E-state index contributed by atoms with van der Waals surface area (Å²) in [4.78, 5) is 2.12. The van der Waals surface area contributed by atoms with E-state index in [4.69, 9.17) is 18.9 Å². The van der Waals surface area contributed by atoms with Crippen molar-refractivity contribution >= 4 is 11.8 Å². The molecule has 4 aromatic carbocycles. The molecule has 2 atom stereocenters. The normalized spacial score (nSPS) is 12.4. The van der Waals surface area contributed by atoms with Crippen LogP contribution in [0.3, 0.4) is 0 Å². The van der Waals surface area contributed by atoms with E-state index in [1.807, 2.05) is 109 Å². The molecule has 4 aromatic rings. The summed E-state index contributed by atoms with van der Waals surface area (Å²) in [6.07, 6.45) is -1.46. The van der Waals surface area contributed by atoms with Crippen LogP contribution < -0.4 is 18.9 Å². The highest BCUT2D eigenvalue weighted by Gasteiger charge is 2.09. The monoisotopic (exact) mass is 518 g/mol. The smallest absolute Gasteiger partial charge is 0.122 e. The van der Waals surface area contributed by atoms with E-state index in [0.29, 0.717) is 23.0 Å². The lowest BCUT2D eigenvalue weighted by molar-refractivity contribution is 0.0626. The van der Waals surface area contributed by atoms with Crippen molar-refractivity contribution in [2.75, 3.05) is 26.4 Å². The van der Waals surface area contributed by atoms with Gasteiger partial charge < -0.3 is 29.2 Å². The average molecular weight is 519 g/mol. The van der Waals surface area contributed by atoms with Crippen molar-refractivity contribution in [2.45, 2.75) is 22.0 Å². The largest absolute Gasteiger partial charge is 0.491 e. The van der Waals surface area contributed by atoms with Crippen molar-refractivity contribution in [3.63, 3.8) is 0 Å². The fourth-order valence-electron chi connectivity index (χ4n) is 3.24. The van der Waals surface area contributed by atoms with Gasteiger partial charge >= 0.3 is 0 Å². The van der Waals surface area contributed by atoms with Crippen LogP contribution in [0.1, 0.15) is 0 Å². The van der Waals surface area contributed by atoms with Crippen molar-refractivity contribution < 1.29 is 29.2 Å². The van der Waals surface area contributed by atoms with Gasteiger partial charge in [-0.15, -0.1) is 0 Å². The fourth-order valence-corrected chi connectivity index (χ4v) is 4.06. The maximum Gasteiger partial charge on any atom is 0.122 e. The van der Waals surface area contributed by atoms with E-state index in [0.717, 1.165) is 9.79 Å². The molecule has 0 saturated carbocycles. The molecule has 0 amide bonds. The minimum Gasteiger partial charge on any atom is -0.491 e. The van der Waals surface area contributed by atoms with Gasteiger partial charge in [0.25, 0.3) is 0 Å². The SMILES string of the molecule is OC(COc1ccccc1)COc1ccc(Sc2ccc(OCC(O)COc3ccccc3)cc2)cc1. The van der Waals surface area contributed by atoms with Gasteiger partial charge in [0, 0.05) is 9.79 Å². The van der Waals surface area contributed by atoms with Crippen LogP contribution in [0.5, 0.6) is 23.0 Å². The first-order chi connectivity index (χ1) is 18.1. The third-order valence-electron chi connectivity index (χ3n) is 5.14. The van der Waals surface area contributed by atoms with Gasteiger partial charge in [-0.25, -0.2) is 0 Å². The second-order valence-corrected chi connectivity index (χ2v) is 9.37. The molecule has 0 aromatic heterocycles. The van der Waals surface area contributed by atoms with Crippen LogP contribution in [-0.2, 0) is 0 Å². The molecule has 2 N–H and O–H groups in total. The Morgan fingerprint density at radius 1 is 0.432 bits per heavy atom. The number of benzene rings is 4. The van der Waals surface area contributed by atoms with E-state index >= 15 is 0 Å². The minimum absolute atomic E-state index is 0.147. The van der Waals surface area contributed by atoms with Crippen molar-refractivity contribution in [2.24, 2.45) is 0 Å². The van der Waals surface area contributed by atoms with Gasteiger partial charge in [-0.2, -0.15) is 0 Å². The molecule has 37 heavy (non-hydrogen) atoms. The summed E-state index contributed by atoms with van der Waals surface area (Å²) in [7, 11) is 0. The summed E-state index contributed by atoms with van der Waals surface area (Å²) >= 11 is 1.62. The van der Waals surface area contributed by atoms with E-state index < -0.39 is 12.2 Å². The van der Waals surface area contributed by atoms with Crippen LogP contribution in [0.15, 0.2) is 119 Å². The highest BCUT2D eigenvalue weighted by atomic mass is 32.2. The number of ether oxygens (including phenoxy) is 4. The first-order valence-corrected chi connectivity index (χ1v) is 12.8. The van der Waals surface area contributed by atoms with Crippen molar-refractivity contribution in [3.05, 3.63) is 109 Å². The molecule has 0 radical (unpaired) electrons. The van der Waals surface area contributed by atoms with Gasteiger partial charge in [0.1, 0.15) is 61.6 Å². The molecular formula is C30H30O6S. The quantitative estimate of drug-likeness (QED) is 0.229.